The minimum atomic E-state index is 0.197. The van der Waals surface area contributed by atoms with Gasteiger partial charge in [0.05, 0.1) is 23.6 Å². The molecule has 3 heteroatoms. The van der Waals surface area contributed by atoms with Crippen molar-refractivity contribution in [2.45, 2.75) is 40.2 Å². The van der Waals surface area contributed by atoms with Crippen molar-refractivity contribution in [2.75, 3.05) is 7.05 Å². The van der Waals surface area contributed by atoms with Gasteiger partial charge in [0.1, 0.15) is 0 Å². The molecule has 1 N–H and O–H groups in total. The van der Waals surface area contributed by atoms with Crippen LogP contribution < -0.4 is 5.32 Å². The number of likely N-dealkylation sites (N-methyl/N-ethyl adjacent to an activating group) is 1. The molecule has 2 aromatic rings. The second-order valence-electron chi connectivity index (χ2n) is 5.51. The van der Waals surface area contributed by atoms with E-state index < -0.39 is 0 Å². The first-order valence-corrected chi connectivity index (χ1v) is 7.03. The zero-order valence-electron chi connectivity index (χ0n) is 13.0. The summed E-state index contributed by atoms with van der Waals surface area (Å²) in [5, 5.41) is 3.35. The van der Waals surface area contributed by atoms with E-state index in [0.717, 1.165) is 17.8 Å². The van der Waals surface area contributed by atoms with Gasteiger partial charge >= 0.3 is 0 Å². The van der Waals surface area contributed by atoms with Crippen molar-refractivity contribution in [1.29, 1.82) is 0 Å². The van der Waals surface area contributed by atoms with Crippen LogP contribution in [0.15, 0.2) is 24.5 Å². The van der Waals surface area contributed by atoms with Crippen molar-refractivity contribution in [2.24, 2.45) is 0 Å². The summed E-state index contributed by atoms with van der Waals surface area (Å²) in [5.74, 6) is 0. The average Bonchev–Trinajstić information content (AvgIpc) is 2.39. The highest BCUT2D eigenvalue weighted by Gasteiger charge is 2.15. The Hall–Kier alpha value is -1.74. The minimum Gasteiger partial charge on any atom is -0.311 e. The van der Waals surface area contributed by atoms with Crippen molar-refractivity contribution in [1.82, 2.24) is 15.3 Å². The number of benzene rings is 1. The van der Waals surface area contributed by atoms with Gasteiger partial charge in [-0.3, -0.25) is 9.97 Å². The normalized spacial score (nSPS) is 12.4. The van der Waals surface area contributed by atoms with Crippen LogP contribution in [0.25, 0.3) is 0 Å². The molecule has 0 bridgehead atoms. The molecule has 0 saturated carbocycles. The summed E-state index contributed by atoms with van der Waals surface area (Å²) in [6, 6.07) is 4.69. The molecule has 2 rings (SSSR count). The monoisotopic (exact) mass is 269 g/mol. The number of aryl methyl sites for hydroxylation is 4. The van der Waals surface area contributed by atoms with Gasteiger partial charge in [0.15, 0.2) is 0 Å². The van der Waals surface area contributed by atoms with Crippen LogP contribution in [0.5, 0.6) is 0 Å². The molecule has 0 aliphatic rings. The summed E-state index contributed by atoms with van der Waals surface area (Å²) in [6.45, 7) is 8.47. The Kier molecular flexibility index (Phi) is 4.50. The van der Waals surface area contributed by atoms with Gasteiger partial charge in [0, 0.05) is 6.20 Å². The number of hydrogen-bond acceptors (Lipinski definition) is 3. The molecule has 0 fully saturated rings. The number of nitrogens with zero attached hydrogens (tertiary/aromatic N) is 2. The lowest BCUT2D eigenvalue weighted by Crippen LogP contribution is -2.21. The first-order chi connectivity index (χ1) is 9.51. The van der Waals surface area contributed by atoms with Gasteiger partial charge in [-0.05, 0) is 57.9 Å². The Morgan fingerprint density at radius 2 is 1.65 bits per heavy atom. The van der Waals surface area contributed by atoms with E-state index in [2.05, 4.69) is 48.2 Å². The molecule has 1 aromatic carbocycles. The topological polar surface area (TPSA) is 37.8 Å². The second-order valence-corrected chi connectivity index (χ2v) is 5.51. The third-order valence-corrected chi connectivity index (χ3v) is 3.76. The third kappa shape index (κ3) is 3.23. The first kappa shape index (κ1) is 14.7. The molecule has 1 atom stereocenters. The van der Waals surface area contributed by atoms with E-state index in [9.17, 15) is 0 Å². The van der Waals surface area contributed by atoms with Crippen LogP contribution in [0.3, 0.4) is 0 Å². The molecule has 0 saturated heterocycles. The molecule has 0 amide bonds. The highest BCUT2D eigenvalue weighted by Crippen LogP contribution is 2.22. The average molecular weight is 269 g/mol. The maximum absolute atomic E-state index is 4.50. The van der Waals surface area contributed by atoms with E-state index in [4.69, 9.17) is 0 Å². The molecule has 0 aliphatic heterocycles. The van der Waals surface area contributed by atoms with Gasteiger partial charge < -0.3 is 5.32 Å². The highest BCUT2D eigenvalue weighted by molar-refractivity contribution is 5.38. The lowest BCUT2D eigenvalue weighted by molar-refractivity contribution is 0.570. The Morgan fingerprint density at radius 3 is 2.15 bits per heavy atom. The summed E-state index contributed by atoms with van der Waals surface area (Å²) >= 11 is 0. The van der Waals surface area contributed by atoms with Crippen LogP contribution >= 0.6 is 0 Å². The summed E-state index contributed by atoms with van der Waals surface area (Å²) < 4.78 is 0. The molecule has 1 aromatic heterocycles. The Morgan fingerprint density at radius 1 is 1.00 bits per heavy atom. The Labute approximate surface area is 121 Å². The summed E-state index contributed by atoms with van der Waals surface area (Å²) in [7, 11) is 1.98. The minimum absolute atomic E-state index is 0.197. The smallest absolute Gasteiger partial charge is 0.0759 e. The maximum atomic E-state index is 4.50. The summed E-state index contributed by atoms with van der Waals surface area (Å²) in [6.07, 6.45) is 4.63. The molecular weight excluding hydrogens is 246 g/mol. The van der Waals surface area contributed by atoms with Crippen LogP contribution in [-0.4, -0.2) is 17.0 Å². The van der Waals surface area contributed by atoms with Crippen molar-refractivity contribution in [3.05, 3.63) is 58.2 Å². The van der Waals surface area contributed by atoms with Crippen molar-refractivity contribution in [3.8, 4) is 0 Å². The predicted octanol–water partition coefficient (Wildman–Crippen LogP) is 3.21. The number of aromatic nitrogens is 2. The van der Waals surface area contributed by atoms with Crippen molar-refractivity contribution < 1.29 is 0 Å². The molecule has 1 heterocycles. The summed E-state index contributed by atoms with van der Waals surface area (Å²) in [5.41, 5.74) is 7.37. The van der Waals surface area contributed by atoms with E-state index in [-0.39, 0.29) is 6.04 Å². The second kappa shape index (κ2) is 6.14. The van der Waals surface area contributed by atoms with Gasteiger partial charge in [-0.2, -0.15) is 0 Å². The lowest BCUT2D eigenvalue weighted by atomic mass is 9.93. The third-order valence-electron chi connectivity index (χ3n) is 3.76. The standard InChI is InChI=1S/C17H23N3/c1-11-6-12(2)15(13(3)7-11)8-16(18-5)17-10-19-14(4)9-20-17/h6-7,9-10,16,18H,8H2,1-5H3. The quantitative estimate of drug-likeness (QED) is 0.926. The van der Waals surface area contributed by atoms with Gasteiger partial charge in [-0.1, -0.05) is 17.7 Å². The molecule has 0 spiro atoms. The van der Waals surface area contributed by atoms with Crippen LogP contribution in [0.1, 0.15) is 39.7 Å². The SMILES string of the molecule is CNC(Cc1c(C)cc(C)cc1C)c1cnc(C)cn1. The largest absolute Gasteiger partial charge is 0.311 e. The zero-order chi connectivity index (χ0) is 14.7. The fraction of sp³-hybridized carbons (Fsp3) is 0.412. The lowest BCUT2D eigenvalue weighted by Gasteiger charge is -2.19. The van der Waals surface area contributed by atoms with Crippen LogP contribution in [-0.2, 0) is 6.42 Å². The molecule has 0 aliphatic carbocycles. The van der Waals surface area contributed by atoms with Crippen LogP contribution in [0, 0.1) is 27.7 Å². The molecule has 20 heavy (non-hydrogen) atoms. The zero-order valence-corrected chi connectivity index (χ0v) is 13.0. The number of rotatable bonds is 4. The van der Waals surface area contributed by atoms with Crippen LogP contribution in [0.4, 0.5) is 0 Å². The van der Waals surface area contributed by atoms with Gasteiger partial charge in [-0.15, -0.1) is 0 Å². The summed E-state index contributed by atoms with van der Waals surface area (Å²) in [4.78, 5) is 8.84. The Bertz CT molecular complexity index is 565. The van der Waals surface area contributed by atoms with Crippen molar-refractivity contribution in [3.63, 3.8) is 0 Å². The fourth-order valence-electron chi connectivity index (χ4n) is 2.67. The number of hydrogen-bond donors (Lipinski definition) is 1. The fourth-order valence-corrected chi connectivity index (χ4v) is 2.67. The highest BCUT2D eigenvalue weighted by atomic mass is 14.9. The maximum Gasteiger partial charge on any atom is 0.0759 e. The van der Waals surface area contributed by atoms with Gasteiger partial charge in [0.2, 0.25) is 0 Å². The molecule has 1 unspecified atom stereocenters. The first-order valence-electron chi connectivity index (χ1n) is 7.03. The molecule has 106 valence electrons. The molecule has 3 nitrogen and oxygen atoms in total. The van der Waals surface area contributed by atoms with Crippen molar-refractivity contribution >= 4 is 0 Å². The van der Waals surface area contributed by atoms with Crippen LogP contribution in [0.2, 0.25) is 0 Å². The Balaban J connectivity index is 2.29. The van der Waals surface area contributed by atoms with E-state index >= 15 is 0 Å². The molecular formula is C17H23N3. The van der Waals surface area contributed by atoms with E-state index in [1.165, 1.54) is 22.3 Å². The predicted molar refractivity (Wildman–Crippen MR) is 82.9 cm³/mol. The number of nitrogens with one attached hydrogen (secondary N) is 1. The molecule has 0 radical (unpaired) electrons. The van der Waals surface area contributed by atoms with E-state index in [1.54, 1.807) is 0 Å². The van der Waals surface area contributed by atoms with E-state index in [0.29, 0.717) is 0 Å². The van der Waals surface area contributed by atoms with Gasteiger partial charge in [-0.25, -0.2) is 0 Å². The van der Waals surface area contributed by atoms with Gasteiger partial charge in [0.25, 0.3) is 0 Å². The van der Waals surface area contributed by atoms with E-state index in [1.807, 2.05) is 26.4 Å².